The average Bonchev–Trinajstić information content (AvgIpc) is 2.73. The number of hydrogen-bond acceptors (Lipinski definition) is 3. The normalized spacial score (nSPS) is 20.7. The maximum absolute atomic E-state index is 5.79. The maximum Gasteiger partial charge on any atom is 0.222 e. The molecule has 0 amide bonds. The van der Waals surface area contributed by atoms with E-state index in [0.29, 0.717) is 11.2 Å². The van der Waals surface area contributed by atoms with Gasteiger partial charge in [-0.25, -0.2) is 9.97 Å². The van der Waals surface area contributed by atoms with Crippen LogP contribution >= 0.6 is 11.6 Å². The van der Waals surface area contributed by atoms with Crippen molar-refractivity contribution in [1.29, 1.82) is 0 Å². The van der Waals surface area contributed by atoms with Crippen LogP contribution in [-0.2, 0) is 11.2 Å². The van der Waals surface area contributed by atoms with Crippen molar-refractivity contribution in [2.75, 3.05) is 13.2 Å². The number of allylic oxidation sites excluding steroid dienone is 1. The minimum atomic E-state index is 0.336. The van der Waals surface area contributed by atoms with Crippen molar-refractivity contribution < 1.29 is 4.74 Å². The molecule has 2 aliphatic rings. The van der Waals surface area contributed by atoms with E-state index in [4.69, 9.17) is 16.3 Å². The summed E-state index contributed by atoms with van der Waals surface area (Å²) in [5.41, 5.74) is 3.67. The van der Waals surface area contributed by atoms with E-state index in [-0.39, 0.29) is 0 Å². The number of aromatic nitrogens is 2. The van der Waals surface area contributed by atoms with Crippen LogP contribution in [0.2, 0.25) is 5.28 Å². The maximum atomic E-state index is 5.79. The molecule has 1 saturated heterocycles. The summed E-state index contributed by atoms with van der Waals surface area (Å²) in [6, 6.07) is 0. The van der Waals surface area contributed by atoms with Gasteiger partial charge in [0.15, 0.2) is 0 Å². The zero-order valence-corrected chi connectivity index (χ0v) is 9.70. The lowest BCUT2D eigenvalue weighted by molar-refractivity contribution is 0.0756. The highest BCUT2D eigenvalue weighted by Crippen LogP contribution is 2.33. The Morgan fingerprint density at radius 3 is 2.94 bits per heavy atom. The molecule has 0 unspecified atom stereocenters. The molecule has 84 valence electrons. The fourth-order valence-corrected chi connectivity index (χ4v) is 2.58. The van der Waals surface area contributed by atoms with Gasteiger partial charge in [-0.1, -0.05) is 5.57 Å². The van der Waals surface area contributed by atoms with Gasteiger partial charge in [-0.15, -0.1) is 0 Å². The molecule has 0 aromatic carbocycles. The van der Waals surface area contributed by atoms with Crippen LogP contribution in [-0.4, -0.2) is 23.2 Å². The molecule has 1 aliphatic heterocycles. The van der Waals surface area contributed by atoms with Crippen molar-refractivity contribution >= 4 is 17.7 Å². The summed E-state index contributed by atoms with van der Waals surface area (Å²) in [4.78, 5) is 8.27. The van der Waals surface area contributed by atoms with Gasteiger partial charge < -0.3 is 4.74 Å². The van der Waals surface area contributed by atoms with Crippen molar-refractivity contribution in [3.63, 3.8) is 0 Å². The van der Waals surface area contributed by atoms with E-state index in [2.05, 4.69) is 16.0 Å². The molecule has 1 fully saturated rings. The Hall–Kier alpha value is -0.930. The van der Waals surface area contributed by atoms with Gasteiger partial charge in [0.25, 0.3) is 0 Å². The summed E-state index contributed by atoms with van der Waals surface area (Å²) < 4.78 is 5.38. The lowest BCUT2D eigenvalue weighted by Gasteiger charge is -2.23. The molecular formula is C12H13ClN2O. The van der Waals surface area contributed by atoms with Crippen molar-refractivity contribution in [3.8, 4) is 0 Å². The van der Waals surface area contributed by atoms with Crippen LogP contribution in [0.3, 0.4) is 0 Å². The van der Waals surface area contributed by atoms with Gasteiger partial charge in [0.05, 0.1) is 5.69 Å². The third-order valence-corrected chi connectivity index (χ3v) is 3.51. The van der Waals surface area contributed by atoms with Crippen LogP contribution in [0.15, 0.2) is 11.8 Å². The molecule has 0 atom stereocenters. The van der Waals surface area contributed by atoms with Crippen molar-refractivity contribution in [2.24, 2.45) is 5.92 Å². The smallest absolute Gasteiger partial charge is 0.222 e. The molecule has 0 N–H and O–H groups in total. The fraction of sp³-hybridized carbons (Fsp3) is 0.500. The lowest BCUT2D eigenvalue weighted by atomic mass is 9.90. The number of fused-ring (bicyclic) bond motifs is 1. The molecule has 3 nitrogen and oxygen atoms in total. The number of halogens is 1. The number of rotatable bonds is 1. The fourth-order valence-electron chi connectivity index (χ4n) is 2.44. The van der Waals surface area contributed by atoms with Crippen molar-refractivity contribution in [2.45, 2.75) is 19.3 Å². The first-order valence-electron chi connectivity index (χ1n) is 5.62. The molecule has 2 heterocycles. The Labute approximate surface area is 99.5 Å². The highest BCUT2D eigenvalue weighted by molar-refractivity contribution is 6.28. The first-order chi connectivity index (χ1) is 7.83. The van der Waals surface area contributed by atoms with E-state index >= 15 is 0 Å². The van der Waals surface area contributed by atoms with Gasteiger partial charge in [0.1, 0.15) is 0 Å². The highest BCUT2D eigenvalue weighted by Gasteiger charge is 2.23. The van der Waals surface area contributed by atoms with Crippen LogP contribution in [0.4, 0.5) is 0 Å². The van der Waals surface area contributed by atoms with Gasteiger partial charge in [-0.3, -0.25) is 0 Å². The minimum Gasteiger partial charge on any atom is -0.381 e. The second-order valence-electron chi connectivity index (χ2n) is 4.33. The monoisotopic (exact) mass is 236 g/mol. The molecular weight excluding hydrogens is 224 g/mol. The van der Waals surface area contributed by atoms with E-state index in [1.54, 1.807) is 0 Å². The zero-order chi connectivity index (χ0) is 11.0. The third kappa shape index (κ3) is 1.85. The van der Waals surface area contributed by atoms with Gasteiger partial charge in [0, 0.05) is 25.0 Å². The van der Waals surface area contributed by atoms with Crippen LogP contribution in [0.25, 0.3) is 6.08 Å². The van der Waals surface area contributed by atoms with Gasteiger partial charge >= 0.3 is 0 Å². The molecule has 3 rings (SSSR count). The second kappa shape index (κ2) is 4.15. The standard InChI is InChI=1S/C12H13ClN2O/c13-12-14-7-10-5-9(6-11(10)15-12)8-1-3-16-4-2-8/h6-8H,1-5H2. The first kappa shape index (κ1) is 10.2. The van der Waals surface area contributed by atoms with Crippen LogP contribution in [0, 0.1) is 5.92 Å². The zero-order valence-electron chi connectivity index (χ0n) is 8.95. The molecule has 16 heavy (non-hydrogen) atoms. The third-order valence-electron chi connectivity index (χ3n) is 3.33. The summed E-state index contributed by atoms with van der Waals surface area (Å²) in [5.74, 6) is 0.654. The first-order valence-corrected chi connectivity index (χ1v) is 6.00. The molecule has 0 bridgehead atoms. The summed E-state index contributed by atoms with van der Waals surface area (Å²) >= 11 is 5.79. The Kier molecular flexibility index (Phi) is 2.65. The molecule has 1 aliphatic carbocycles. The van der Waals surface area contributed by atoms with Crippen molar-refractivity contribution in [3.05, 3.63) is 28.3 Å². The van der Waals surface area contributed by atoms with E-state index in [1.165, 1.54) is 11.1 Å². The minimum absolute atomic E-state index is 0.336. The summed E-state index contributed by atoms with van der Waals surface area (Å²) in [6.45, 7) is 1.76. The van der Waals surface area contributed by atoms with E-state index in [1.807, 2.05) is 6.20 Å². The molecule has 0 saturated carbocycles. The average molecular weight is 237 g/mol. The molecule has 1 aromatic rings. The van der Waals surface area contributed by atoms with Crippen LogP contribution in [0.5, 0.6) is 0 Å². The molecule has 0 spiro atoms. The summed E-state index contributed by atoms with van der Waals surface area (Å²) in [6.07, 6.45) is 7.26. The quantitative estimate of drug-likeness (QED) is 0.703. The molecule has 4 heteroatoms. The molecule has 1 aromatic heterocycles. The number of ether oxygens (including phenoxy) is 1. The second-order valence-corrected chi connectivity index (χ2v) is 4.67. The van der Waals surface area contributed by atoms with Crippen LogP contribution in [0.1, 0.15) is 24.1 Å². The SMILES string of the molecule is Clc1ncc2c(n1)C=C(C1CCOCC1)C2. The largest absolute Gasteiger partial charge is 0.381 e. The Bertz CT molecular complexity index is 439. The summed E-state index contributed by atoms with van der Waals surface area (Å²) in [5, 5.41) is 0.336. The van der Waals surface area contributed by atoms with E-state index in [9.17, 15) is 0 Å². The lowest BCUT2D eigenvalue weighted by Crippen LogP contribution is -2.17. The number of hydrogen-bond donors (Lipinski definition) is 0. The Morgan fingerprint density at radius 1 is 1.31 bits per heavy atom. The topological polar surface area (TPSA) is 35.0 Å². The predicted molar refractivity (Wildman–Crippen MR) is 62.3 cm³/mol. The van der Waals surface area contributed by atoms with Crippen molar-refractivity contribution in [1.82, 2.24) is 9.97 Å². The predicted octanol–water partition coefficient (Wildman–Crippen LogP) is 2.50. The summed E-state index contributed by atoms with van der Waals surface area (Å²) in [7, 11) is 0. The Balaban J connectivity index is 1.83. The molecule has 0 radical (unpaired) electrons. The van der Waals surface area contributed by atoms with Crippen LogP contribution < -0.4 is 0 Å². The van der Waals surface area contributed by atoms with Gasteiger partial charge in [0.2, 0.25) is 5.28 Å². The van der Waals surface area contributed by atoms with E-state index < -0.39 is 0 Å². The number of nitrogens with zero attached hydrogens (tertiary/aromatic N) is 2. The van der Waals surface area contributed by atoms with E-state index in [0.717, 1.165) is 38.2 Å². The van der Waals surface area contributed by atoms with Gasteiger partial charge in [-0.2, -0.15) is 0 Å². The Morgan fingerprint density at radius 2 is 2.12 bits per heavy atom. The highest BCUT2D eigenvalue weighted by atomic mass is 35.5. The van der Waals surface area contributed by atoms with Gasteiger partial charge in [-0.05, 0) is 42.9 Å².